The van der Waals surface area contributed by atoms with Crippen LogP contribution in [0.25, 0.3) is 11.1 Å². The van der Waals surface area contributed by atoms with Crippen LogP contribution in [0.4, 0.5) is 0 Å². The highest BCUT2D eigenvalue weighted by molar-refractivity contribution is 5.85. The molecular formula is C19H26ClNO2. The molecule has 0 heterocycles. The Morgan fingerprint density at radius 1 is 0.957 bits per heavy atom. The van der Waals surface area contributed by atoms with Crippen LogP contribution >= 0.6 is 12.4 Å². The van der Waals surface area contributed by atoms with Crippen LogP contribution in [-0.2, 0) is 12.8 Å². The molecule has 2 aromatic carbocycles. The van der Waals surface area contributed by atoms with Crippen molar-refractivity contribution in [1.82, 2.24) is 0 Å². The summed E-state index contributed by atoms with van der Waals surface area (Å²) in [5.41, 5.74) is 10.00. The Kier molecular flexibility index (Phi) is 7.73. The van der Waals surface area contributed by atoms with E-state index in [1.54, 1.807) is 0 Å². The highest BCUT2D eigenvalue weighted by Crippen LogP contribution is 2.25. The Morgan fingerprint density at radius 3 is 2.13 bits per heavy atom. The van der Waals surface area contributed by atoms with Crippen LogP contribution in [0.2, 0.25) is 0 Å². The van der Waals surface area contributed by atoms with Crippen molar-refractivity contribution in [2.45, 2.75) is 31.7 Å². The summed E-state index contributed by atoms with van der Waals surface area (Å²) in [5, 5.41) is 18.5. The van der Waals surface area contributed by atoms with E-state index in [1.165, 1.54) is 16.7 Å². The summed E-state index contributed by atoms with van der Waals surface area (Å²) in [6.07, 6.45) is 2.32. The number of hydrogen-bond donors (Lipinski definition) is 3. The van der Waals surface area contributed by atoms with Crippen LogP contribution in [0.1, 0.15) is 24.5 Å². The van der Waals surface area contributed by atoms with Crippen molar-refractivity contribution in [3.05, 3.63) is 59.7 Å². The van der Waals surface area contributed by atoms with E-state index in [9.17, 15) is 10.2 Å². The molecule has 126 valence electrons. The van der Waals surface area contributed by atoms with E-state index in [2.05, 4.69) is 55.5 Å². The molecule has 0 spiro atoms. The summed E-state index contributed by atoms with van der Waals surface area (Å²) in [6.45, 7) is 1.76. The first-order valence-electron chi connectivity index (χ1n) is 7.79. The smallest absolute Gasteiger partial charge is 0.0633 e. The van der Waals surface area contributed by atoms with Crippen LogP contribution in [-0.4, -0.2) is 29.0 Å². The molecule has 0 saturated heterocycles. The molecule has 0 amide bonds. The molecule has 3 nitrogen and oxygen atoms in total. The lowest BCUT2D eigenvalue weighted by Gasteiger charge is -2.24. The zero-order valence-corrected chi connectivity index (χ0v) is 14.4. The van der Waals surface area contributed by atoms with Gasteiger partial charge in [-0.15, -0.1) is 12.4 Å². The van der Waals surface area contributed by atoms with Crippen molar-refractivity contribution < 1.29 is 10.2 Å². The number of rotatable bonds is 7. The number of aryl methyl sites for hydroxylation is 2. The fourth-order valence-corrected chi connectivity index (χ4v) is 2.56. The van der Waals surface area contributed by atoms with E-state index in [0.29, 0.717) is 6.42 Å². The van der Waals surface area contributed by atoms with Gasteiger partial charge in [-0.25, -0.2) is 0 Å². The average Bonchev–Trinajstić information content (AvgIpc) is 2.60. The summed E-state index contributed by atoms with van der Waals surface area (Å²) < 4.78 is 0. The Labute approximate surface area is 144 Å². The van der Waals surface area contributed by atoms with Gasteiger partial charge in [-0.05, 0) is 41.5 Å². The van der Waals surface area contributed by atoms with E-state index >= 15 is 0 Å². The lowest BCUT2D eigenvalue weighted by Crippen LogP contribution is -2.47. The van der Waals surface area contributed by atoms with Gasteiger partial charge in [-0.3, -0.25) is 0 Å². The van der Waals surface area contributed by atoms with Gasteiger partial charge in [0.15, 0.2) is 0 Å². The third-order valence-corrected chi connectivity index (χ3v) is 4.20. The molecule has 0 unspecified atom stereocenters. The van der Waals surface area contributed by atoms with Gasteiger partial charge < -0.3 is 15.9 Å². The largest absolute Gasteiger partial charge is 0.394 e. The van der Waals surface area contributed by atoms with Gasteiger partial charge in [-0.1, -0.05) is 55.5 Å². The minimum atomic E-state index is -0.895. The van der Waals surface area contributed by atoms with Crippen molar-refractivity contribution in [2.75, 3.05) is 13.2 Å². The van der Waals surface area contributed by atoms with Crippen LogP contribution in [0.15, 0.2) is 48.5 Å². The molecule has 0 radical (unpaired) electrons. The van der Waals surface area contributed by atoms with Gasteiger partial charge in [0.05, 0.1) is 18.8 Å². The molecular weight excluding hydrogens is 310 g/mol. The van der Waals surface area contributed by atoms with Gasteiger partial charge in [0.2, 0.25) is 0 Å². The highest BCUT2D eigenvalue weighted by Gasteiger charge is 2.22. The minimum absolute atomic E-state index is 0. The van der Waals surface area contributed by atoms with Crippen molar-refractivity contribution >= 4 is 12.4 Å². The van der Waals surface area contributed by atoms with Gasteiger partial charge in [0.25, 0.3) is 0 Å². The van der Waals surface area contributed by atoms with Crippen molar-refractivity contribution in [3.63, 3.8) is 0 Å². The fraction of sp³-hybridized carbons (Fsp3) is 0.368. The molecule has 0 fully saturated rings. The molecule has 0 atom stereocenters. The van der Waals surface area contributed by atoms with Gasteiger partial charge in [0, 0.05) is 0 Å². The van der Waals surface area contributed by atoms with E-state index in [4.69, 9.17) is 5.73 Å². The van der Waals surface area contributed by atoms with Crippen LogP contribution in [0.3, 0.4) is 0 Å². The van der Waals surface area contributed by atoms with Gasteiger partial charge in [-0.2, -0.15) is 0 Å². The first kappa shape index (κ1) is 19.7. The SMILES string of the molecule is CCc1ccccc1-c1ccc(CCC(N)(CO)CO)cc1.Cl. The summed E-state index contributed by atoms with van der Waals surface area (Å²) >= 11 is 0. The second kappa shape index (κ2) is 9.04. The van der Waals surface area contributed by atoms with E-state index in [0.717, 1.165) is 18.4 Å². The van der Waals surface area contributed by atoms with Crippen molar-refractivity contribution in [1.29, 1.82) is 0 Å². The number of nitrogens with two attached hydrogens (primary N) is 1. The molecule has 23 heavy (non-hydrogen) atoms. The first-order chi connectivity index (χ1) is 10.6. The normalized spacial score (nSPS) is 11.1. The molecule has 0 aromatic heterocycles. The average molecular weight is 336 g/mol. The number of benzene rings is 2. The van der Waals surface area contributed by atoms with E-state index < -0.39 is 5.54 Å². The summed E-state index contributed by atoms with van der Waals surface area (Å²) in [4.78, 5) is 0. The molecule has 0 aliphatic carbocycles. The minimum Gasteiger partial charge on any atom is -0.394 e. The molecule has 0 bridgehead atoms. The summed E-state index contributed by atoms with van der Waals surface area (Å²) in [7, 11) is 0. The Hall–Kier alpha value is -1.39. The predicted molar refractivity (Wildman–Crippen MR) is 97.9 cm³/mol. The van der Waals surface area contributed by atoms with Crippen LogP contribution < -0.4 is 5.73 Å². The highest BCUT2D eigenvalue weighted by atomic mass is 35.5. The number of aliphatic hydroxyl groups is 2. The lowest BCUT2D eigenvalue weighted by molar-refractivity contribution is 0.115. The molecule has 2 aromatic rings. The quantitative estimate of drug-likeness (QED) is 0.728. The zero-order chi connectivity index (χ0) is 16.0. The zero-order valence-electron chi connectivity index (χ0n) is 13.5. The van der Waals surface area contributed by atoms with E-state index in [-0.39, 0.29) is 25.6 Å². The number of hydrogen-bond acceptors (Lipinski definition) is 3. The molecule has 0 aliphatic rings. The predicted octanol–water partition coefficient (Wildman–Crippen LogP) is 2.95. The standard InChI is InChI=1S/C19H25NO2.ClH/c1-2-16-5-3-4-6-18(16)17-9-7-15(8-10-17)11-12-19(20,13-21)14-22;/h3-10,21-22H,2,11-14,20H2,1H3;1H. The molecule has 0 aliphatic heterocycles. The molecule has 4 heteroatoms. The second-order valence-corrected chi connectivity index (χ2v) is 5.89. The maximum Gasteiger partial charge on any atom is 0.0633 e. The topological polar surface area (TPSA) is 66.5 Å². The summed E-state index contributed by atoms with van der Waals surface area (Å²) in [5.74, 6) is 0. The Morgan fingerprint density at radius 2 is 1.57 bits per heavy atom. The monoisotopic (exact) mass is 335 g/mol. The van der Waals surface area contributed by atoms with Crippen molar-refractivity contribution in [2.24, 2.45) is 5.73 Å². The van der Waals surface area contributed by atoms with Crippen LogP contribution in [0.5, 0.6) is 0 Å². The molecule has 2 rings (SSSR count). The Bertz CT molecular complexity index is 595. The first-order valence-corrected chi connectivity index (χ1v) is 7.79. The number of halogens is 1. The van der Waals surface area contributed by atoms with Gasteiger partial charge >= 0.3 is 0 Å². The lowest BCUT2D eigenvalue weighted by atomic mass is 9.92. The molecule has 4 N–H and O–H groups in total. The van der Waals surface area contributed by atoms with E-state index in [1.807, 2.05) is 0 Å². The maximum atomic E-state index is 9.23. The third kappa shape index (κ3) is 5.05. The number of aliphatic hydroxyl groups excluding tert-OH is 2. The van der Waals surface area contributed by atoms with Crippen molar-refractivity contribution in [3.8, 4) is 11.1 Å². The summed E-state index contributed by atoms with van der Waals surface area (Å²) in [6, 6.07) is 16.9. The fourth-order valence-electron chi connectivity index (χ4n) is 2.56. The Balaban J connectivity index is 0.00000264. The maximum absolute atomic E-state index is 9.23. The molecule has 0 saturated carbocycles. The second-order valence-electron chi connectivity index (χ2n) is 5.89. The third-order valence-electron chi connectivity index (χ3n) is 4.20. The van der Waals surface area contributed by atoms with Gasteiger partial charge in [0.1, 0.15) is 0 Å². The van der Waals surface area contributed by atoms with Crippen LogP contribution in [0, 0.1) is 0 Å².